The van der Waals surface area contributed by atoms with Crippen LogP contribution in [0.3, 0.4) is 0 Å². The van der Waals surface area contributed by atoms with Gasteiger partial charge in [-0.25, -0.2) is 8.78 Å². The van der Waals surface area contributed by atoms with E-state index >= 15 is 0 Å². The minimum Gasteiger partial charge on any atom is -0.388 e. The molecule has 130 valence electrons. The molecule has 1 aliphatic heterocycles. The van der Waals surface area contributed by atoms with E-state index in [9.17, 15) is 13.9 Å². The van der Waals surface area contributed by atoms with E-state index in [4.69, 9.17) is 10.00 Å². The quantitative estimate of drug-likeness (QED) is 0.926. The Morgan fingerprint density at radius 1 is 1.24 bits per heavy atom. The second kappa shape index (κ2) is 7.60. The molecule has 0 aromatic heterocycles. The van der Waals surface area contributed by atoms with Gasteiger partial charge in [-0.2, -0.15) is 5.26 Å². The Hall–Kier alpha value is -2.49. The highest BCUT2D eigenvalue weighted by molar-refractivity contribution is 5.53. The number of aliphatic hydroxyl groups is 1. The predicted octanol–water partition coefficient (Wildman–Crippen LogP) is 3.17. The third-order valence-corrected chi connectivity index (χ3v) is 4.34. The first-order valence-corrected chi connectivity index (χ1v) is 8.06. The summed E-state index contributed by atoms with van der Waals surface area (Å²) in [6, 6.07) is 12.5. The summed E-state index contributed by atoms with van der Waals surface area (Å²) in [6.07, 6.45) is -0.483. The van der Waals surface area contributed by atoms with Crippen molar-refractivity contribution in [1.82, 2.24) is 0 Å². The number of nitrogens with zero attached hydrogens (tertiary/aromatic N) is 2. The van der Waals surface area contributed by atoms with E-state index in [0.717, 1.165) is 17.7 Å². The van der Waals surface area contributed by atoms with Gasteiger partial charge in [0.2, 0.25) is 0 Å². The standard InChI is InChI=1S/C19H18F2N2O2/c20-16-8-13(11-22)9-17(21)19(16)23-6-7-25-12-15(23)10-18(24)14-4-2-1-3-5-14/h1-5,8-9,15,18,24H,6-7,10,12H2/t15-,18-/m0/s1. The molecule has 25 heavy (non-hydrogen) atoms. The molecule has 0 amide bonds. The second-order valence-corrected chi connectivity index (χ2v) is 5.98. The van der Waals surface area contributed by atoms with Gasteiger partial charge in [-0.05, 0) is 17.7 Å². The Kier molecular flexibility index (Phi) is 5.27. The molecule has 3 rings (SSSR count). The minimum absolute atomic E-state index is 0.0621. The Labute approximate surface area is 144 Å². The van der Waals surface area contributed by atoms with Crippen molar-refractivity contribution in [2.75, 3.05) is 24.7 Å². The number of hydrogen-bond acceptors (Lipinski definition) is 4. The summed E-state index contributed by atoms with van der Waals surface area (Å²) in [5.41, 5.74) is 0.509. The van der Waals surface area contributed by atoms with Gasteiger partial charge in [0.25, 0.3) is 0 Å². The predicted molar refractivity (Wildman–Crippen MR) is 89.0 cm³/mol. The third kappa shape index (κ3) is 3.78. The molecular formula is C19H18F2N2O2. The zero-order valence-electron chi connectivity index (χ0n) is 13.5. The second-order valence-electron chi connectivity index (χ2n) is 5.98. The van der Waals surface area contributed by atoms with E-state index in [1.54, 1.807) is 11.0 Å². The Morgan fingerprint density at radius 2 is 1.92 bits per heavy atom. The molecular weight excluding hydrogens is 326 g/mol. The van der Waals surface area contributed by atoms with Crippen LogP contribution in [0, 0.1) is 23.0 Å². The van der Waals surface area contributed by atoms with Crippen molar-refractivity contribution in [3.63, 3.8) is 0 Å². The lowest BCUT2D eigenvalue weighted by molar-refractivity contribution is 0.0673. The van der Waals surface area contributed by atoms with Crippen molar-refractivity contribution in [2.24, 2.45) is 0 Å². The Balaban J connectivity index is 1.86. The average Bonchev–Trinajstić information content (AvgIpc) is 2.63. The molecule has 1 aliphatic rings. The van der Waals surface area contributed by atoms with Crippen molar-refractivity contribution in [3.05, 3.63) is 65.2 Å². The van der Waals surface area contributed by atoms with Crippen LogP contribution in [0.25, 0.3) is 0 Å². The zero-order valence-corrected chi connectivity index (χ0v) is 13.5. The van der Waals surface area contributed by atoms with Crippen LogP contribution >= 0.6 is 0 Å². The molecule has 4 nitrogen and oxygen atoms in total. The summed E-state index contributed by atoms with van der Waals surface area (Å²) >= 11 is 0. The van der Waals surface area contributed by atoms with Crippen molar-refractivity contribution >= 4 is 5.69 Å². The first-order chi connectivity index (χ1) is 12.1. The van der Waals surface area contributed by atoms with Crippen molar-refractivity contribution in [1.29, 1.82) is 5.26 Å². The Morgan fingerprint density at radius 3 is 2.56 bits per heavy atom. The summed E-state index contributed by atoms with van der Waals surface area (Å²) in [5.74, 6) is -1.56. The number of anilines is 1. The minimum atomic E-state index is -0.780. The number of hydrogen-bond donors (Lipinski definition) is 1. The van der Waals surface area contributed by atoms with Crippen LogP contribution in [0.4, 0.5) is 14.5 Å². The highest BCUT2D eigenvalue weighted by atomic mass is 19.1. The van der Waals surface area contributed by atoms with E-state index in [2.05, 4.69) is 0 Å². The van der Waals surface area contributed by atoms with Crippen LogP contribution < -0.4 is 4.90 Å². The number of nitriles is 1. The largest absolute Gasteiger partial charge is 0.388 e. The molecule has 0 unspecified atom stereocenters. The van der Waals surface area contributed by atoms with Gasteiger partial charge in [-0.3, -0.25) is 0 Å². The topological polar surface area (TPSA) is 56.5 Å². The highest BCUT2D eigenvalue weighted by Crippen LogP contribution is 2.31. The van der Waals surface area contributed by atoms with Crippen LogP contribution in [0.5, 0.6) is 0 Å². The maximum Gasteiger partial charge on any atom is 0.150 e. The van der Waals surface area contributed by atoms with Gasteiger partial charge in [0.05, 0.1) is 37.0 Å². The SMILES string of the molecule is N#Cc1cc(F)c(N2CCOC[C@@H]2C[C@H](O)c2ccccc2)c(F)c1. The van der Waals surface area contributed by atoms with Gasteiger partial charge in [0.1, 0.15) is 5.69 Å². The number of rotatable bonds is 4. The molecule has 1 fully saturated rings. The maximum atomic E-state index is 14.4. The van der Waals surface area contributed by atoms with Crippen LogP contribution in [0.15, 0.2) is 42.5 Å². The first-order valence-electron chi connectivity index (χ1n) is 8.06. The molecule has 2 atom stereocenters. The van der Waals surface area contributed by atoms with Crippen molar-refractivity contribution in [2.45, 2.75) is 18.6 Å². The number of morpholine rings is 1. The molecule has 1 heterocycles. The van der Waals surface area contributed by atoms with Gasteiger partial charge < -0.3 is 14.7 Å². The van der Waals surface area contributed by atoms with Crippen LogP contribution in [0.1, 0.15) is 23.7 Å². The molecule has 0 radical (unpaired) electrons. The number of benzene rings is 2. The fourth-order valence-corrected chi connectivity index (χ4v) is 3.12. The van der Waals surface area contributed by atoms with E-state index in [-0.39, 0.29) is 30.3 Å². The molecule has 0 saturated carbocycles. The van der Waals surface area contributed by atoms with Gasteiger partial charge in [-0.1, -0.05) is 30.3 Å². The van der Waals surface area contributed by atoms with Crippen molar-refractivity contribution < 1.29 is 18.6 Å². The fourth-order valence-electron chi connectivity index (χ4n) is 3.12. The lowest BCUT2D eigenvalue weighted by atomic mass is 10.00. The van der Waals surface area contributed by atoms with Crippen LogP contribution in [-0.4, -0.2) is 30.9 Å². The van der Waals surface area contributed by atoms with E-state index in [1.165, 1.54) is 0 Å². The van der Waals surface area contributed by atoms with Gasteiger partial charge in [0, 0.05) is 13.0 Å². The summed E-state index contributed by atoms with van der Waals surface area (Å²) < 4.78 is 34.2. The van der Waals surface area contributed by atoms with E-state index in [0.29, 0.717) is 13.2 Å². The molecule has 0 aliphatic carbocycles. The van der Waals surface area contributed by atoms with E-state index < -0.39 is 17.7 Å². The monoisotopic (exact) mass is 344 g/mol. The molecule has 1 N–H and O–H groups in total. The summed E-state index contributed by atoms with van der Waals surface area (Å²) in [5, 5.41) is 19.3. The molecule has 2 aromatic carbocycles. The summed E-state index contributed by atoms with van der Waals surface area (Å²) in [4.78, 5) is 1.58. The average molecular weight is 344 g/mol. The molecule has 1 saturated heterocycles. The van der Waals surface area contributed by atoms with Crippen LogP contribution in [0.2, 0.25) is 0 Å². The van der Waals surface area contributed by atoms with Gasteiger partial charge in [-0.15, -0.1) is 0 Å². The molecule has 2 aromatic rings. The number of halogens is 2. The highest BCUT2D eigenvalue weighted by Gasteiger charge is 2.30. The first kappa shape index (κ1) is 17.3. The van der Waals surface area contributed by atoms with Crippen molar-refractivity contribution in [3.8, 4) is 6.07 Å². The molecule has 0 bridgehead atoms. The van der Waals surface area contributed by atoms with E-state index in [1.807, 2.05) is 30.3 Å². The molecule has 0 spiro atoms. The van der Waals surface area contributed by atoms with Gasteiger partial charge >= 0.3 is 0 Å². The third-order valence-electron chi connectivity index (χ3n) is 4.34. The fraction of sp³-hybridized carbons (Fsp3) is 0.316. The zero-order chi connectivity index (χ0) is 17.8. The van der Waals surface area contributed by atoms with Crippen LogP contribution in [-0.2, 0) is 4.74 Å². The van der Waals surface area contributed by atoms with Gasteiger partial charge in [0.15, 0.2) is 11.6 Å². The summed E-state index contributed by atoms with van der Waals surface area (Å²) in [7, 11) is 0. The summed E-state index contributed by atoms with van der Waals surface area (Å²) in [6.45, 7) is 0.922. The Bertz CT molecular complexity index is 754. The maximum absolute atomic E-state index is 14.4. The molecule has 6 heteroatoms. The number of ether oxygens (including phenoxy) is 1. The lowest BCUT2D eigenvalue weighted by Crippen LogP contribution is -2.47. The number of aliphatic hydroxyl groups excluding tert-OH is 1. The smallest absolute Gasteiger partial charge is 0.150 e. The normalized spacial score (nSPS) is 18.6. The lowest BCUT2D eigenvalue weighted by Gasteiger charge is -2.38.